The summed E-state index contributed by atoms with van der Waals surface area (Å²) in [4.78, 5) is 23.1. The third-order valence-electron chi connectivity index (χ3n) is 4.87. The van der Waals surface area contributed by atoms with Gasteiger partial charge in [-0.25, -0.2) is 4.39 Å². The van der Waals surface area contributed by atoms with Crippen LogP contribution in [0.15, 0.2) is 54.1 Å². The minimum absolute atomic E-state index is 0.0280. The zero-order valence-electron chi connectivity index (χ0n) is 17.5. The third kappa shape index (κ3) is 4.34. The fourth-order valence-corrected chi connectivity index (χ4v) is 3.33. The van der Waals surface area contributed by atoms with Gasteiger partial charge in [0.25, 0.3) is 11.6 Å². The molecular formula is C23H19FN4O4. The quantitative estimate of drug-likeness (QED) is 0.262. The van der Waals surface area contributed by atoms with E-state index in [1.807, 2.05) is 13.0 Å². The molecule has 1 heterocycles. The molecule has 0 aliphatic rings. The number of hydrogen-bond acceptors (Lipinski definition) is 5. The lowest BCUT2D eigenvalue weighted by atomic mass is 10.1. The Morgan fingerprint density at radius 2 is 1.97 bits per heavy atom. The van der Waals surface area contributed by atoms with Crippen molar-refractivity contribution in [1.29, 1.82) is 5.26 Å². The zero-order chi connectivity index (χ0) is 23.4. The normalized spacial score (nSPS) is 11.0. The molecule has 8 nitrogen and oxygen atoms in total. The van der Waals surface area contributed by atoms with Crippen molar-refractivity contribution in [2.24, 2.45) is 0 Å². The average molecular weight is 434 g/mol. The van der Waals surface area contributed by atoms with Crippen LogP contribution in [0, 0.1) is 41.1 Å². The average Bonchev–Trinajstić information content (AvgIpc) is 3.05. The Balaban J connectivity index is 2.01. The Kier molecular flexibility index (Phi) is 6.35. The fraction of sp³-hybridized carbons (Fsp3) is 0.130. The number of anilines is 1. The number of methoxy groups -OCH3 is 1. The second-order valence-electron chi connectivity index (χ2n) is 6.88. The number of para-hydroxylation sites is 1. The van der Waals surface area contributed by atoms with E-state index in [2.05, 4.69) is 5.32 Å². The minimum atomic E-state index is -0.740. The largest absolute Gasteiger partial charge is 0.494 e. The molecule has 9 heteroatoms. The Bertz CT molecular complexity index is 1290. The van der Waals surface area contributed by atoms with E-state index < -0.39 is 16.6 Å². The summed E-state index contributed by atoms with van der Waals surface area (Å²) in [5, 5.41) is 23.0. The van der Waals surface area contributed by atoms with Crippen LogP contribution in [0.5, 0.6) is 5.75 Å². The summed E-state index contributed by atoms with van der Waals surface area (Å²) < 4.78 is 21.0. The van der Waals surface area contributed by atoms with Crippen molar-refractivity contribution >= 4 is 23.4 Å². The lowest BCUT2D eigenvalue weighted by Gasteiger charge is -2.14. The van der Waals surface area contributed by atoms with Crippen LogP contribution in [-0.4, -0.2) is 22.5 Å². The van der Waals surface area contributed by atoms with Crippen LogP contribution >= 0.6 is 0 Å². The lowest BCUT2D eigenvalue weighted by molar-refractivity contribution is -0.384. The highest BCUT2D eigenvalue weighted by molar-refractivity contribution is 6.09. The van der Waals surface area contributed by atoms with E-state index in [0.717, 1.165) is 5.69 Å². The third-order valence-corrected chi connectivity index (χ3v) is 4.87. The van der Waals surface area contributed by atoms with Crippen LogP contribution in [0.4, 0.5) is 15.8 Å². The van der Waals surface area contributed by atoms with Gasteiger partial charge >= 0.3 is 0 Å². The predicted octanol–water partition coefficient (Wildman–Crippen LogP) is 4.70. The highest BCUT2D eigenvalue weighted by Crippen LogP contribution is 2.32. The number of halogens is 1. The molecule has 1 amide bonds. The second-order valence-corrected chi connectivity index (χ2v) is 6.88. The SMILES string of the molecule is COc1cc([N+](=O)[O-])ccc1-n1c(C)cc(/C=C(/C#N)C(=O)Nc2ccccc2F)c1C. The molecule has 162 valence electrons. The molecule has 0 spiro atoms. The van der Waals surface area contributed by atoms with E-state index in [1.165, 1.54) is 43.5 Å². The van der Waals surface area contributed by atoms with E-state index >= 15 is 0 Å². The Morgan fingerprint density at radius 1 is 1.25 bits per heavy atom. The van der Waals surface area contributed by atoms with Crippen molar-refractivity contribution in [3.63, 3.8) is 0 Å². The summed E-state index contributed by atoms with van der Waals surface area (Å²) >= 11 is 0. The number of carbonyl (C=O) groups excluding carboxylic acids is 1. The number of nitro benzene ring substituents is 1. The number of benzene rings is 2. The summed E-state index contributed by atoms with van der Waals surface area (Å²) in [6.07, 6.45) is 1.41. The molecule has 1 aromatic heterocycles. The van der Waals surface area contributed by atoms with Gasteiger partial charge in [0.1, 0.15) is 23.2 Å². The lowest BCUT2D eigenvalue weighted by Crippen LogP contribution is -2.14. The first-order valence-corrected chi connectivity index (χ1v) is 9.46. The number of aromatic nitrogens is 1. The highest BCUT2D eigenvalue weighted by Gasteiger charge is 2.18. The van der Waals surface area contributed by atoms with Gasteiger partial charge in [0.2, 0.25) is 0 Å². The van der Waals surface area contributed by atoms with Gasteiger partial charge in [0.15, 0.2) is 0 Å². The molecule has 0 fully saturated rings. The number of hydrogen-bond donors (Lipinski definition) is 1. The Hall–Kier alpha value is -4.45. The van der Waals surface area contributed by atoms with Crippen LogP contribution in [0.2, 0.25) is 0 Å². The Morgan fingerprint density at radius 3 is 2.59 bits per heavy atom. The maximum Gasteiger partial charge on any atom is 0.273 e. The van der Waals surface area contributed by atoms with Crippen molar-refractivity contribution < 1.29 is 18.8 Å². The first-order valence-electron chi connectivity index (χ1n) is 9.46. The van der Waals surface area contributed by atoms with E-state index in [0.29, 0.717) is 22.7 Å². The van der Waals surface area contributed by atoms with Gasteiger partial charge in [-0.05, 0) is 49.8 Å². The Labute approximate surface area is 183 Å². The molecule has 0 aliphatic heterocycles. The standard InChI is InChI=1S/C23H19FN4O4/c1-14-10-16(11-17(13-25)23(29)26-20-7-5-4-6-19(20)24)15(2)27(14)21-9-8-18(28(30)31)12-22(21)32-3/h4-12H,1-3H3,(H,26,29)/b17-11-. The minimum Gasteiger partial charge on any atom is -0.494 e. The van der Waals surface area contributed by atoms with Crippen LogP contribution in [-0.2, 0) is 4.79 Å². The highest BCUT2D eigenvalue weighted by atomic mass is 19.1. The van der Waals surface area contributed by atoms with Gasteiger partial charge in [0, 0.05) is 17.5 Å². The molecular weight excluding hydrogens is 415 g/mol. The molecule has 0 atom stereocenters. The van der Waals surface area contributed by atoms with Gasteiger partial charge in [0.05, 0.1) is 29.5 Å². The predicted molar refractivity (Wildman–Crippen MR) is 117 cm³/mol. The molecule has 0 saturated carbocycles. The van der Waals surface area contributed by atoms with Crippen molar-refractivity contribution in [3.05, 3.63) is 87.0 Å². The van der Waals surface area contributed by atoms with Crippen LogP contribution in [0.25, 0.3) is 11.8 Å². The van der Waals surface area contributed by atoms with Gasteiger partial charge in [-0.1, -0.05) is 12.1 Å². The van der Waals surface area contributed by atoms with E-state index in [-0.39, 0.29) is 16.9 Å². The first kappa shape index (κ1) is 22.2. The molecule has 1 N–H and O–H groups in total. The topological polar surface area (TPSA) is 110 Å². The summed E-state index contributed by atoms with van der Waals surface area (Å²) in [6, 6.07) is 13.5. The van der Waals surface area contributed by atoms with Crippen LogP contribution in [0.3, 0.4) is 0 Å². The van der Waals surface area contributed by atoms with E-state index in [1.54, 1.807) is 29.7 Å². The van der Waals surface area contributed by atoms with E-state index in [9.17, 15) is 24.6 Å². The van der Waals surface area contributed by atoms with Crippen LogP contribution in [0.1, 0.15) is 17.0 Å². The molecule has 3 aromatic rings. The molecule has 0 bridgehead atoms. The smallest absolute Gasteiger partial charge is 0.273 e. The number of nitro groups is 1. The summed E-state index contributed by atoms with van der Waals surface area (Å²) in [6.45, 7) is 3.60. The zero-order valence-corrected chi connectivity index (χ0v) is 17.5. The fourth-order valence-electron chi connectivity index (χ4n) is 3.33. The molecule has 3 rings (SSSR count). The number of nitriles is 1. The first-order chi connectivity index (χ1) is 15.3. The molecule has 0 aliphatic carbocycles. The summed E-state index contributed by atoms with van der Waals surface area (Å²) in [5.74, 6) is -1.05. The van der Waals surface area contributed by atoms with Gasteiger partial charge in [-0.3, -0.25) is 14.9 Å². The number of ether oxygens (including phenoxy) is 1. The number of nitrogens with zero attached hydrogens (tertiary/aromatic N) is 3. The van der Waals surface area contributed by atoms with Crippen molar-refractivity contribution in [1.82, 2.24) is 4.57 Å². The number of amides is 1. The van der Waals surface area contributed by atoms with Gasteiger partial charge in [-0.15, -0.1) is 0 Å². The van der Waals surface area contributed by atoms with Gasteiger partial charge < -0.3 is 14.6 Å². The van der Waals surface area contributed by atoms with Gasteiger partial charge in [-0.2, -0.15) is 5.26 Å². The van der Waals surface area contributed by atoms with E-state index in [4.69, 9.17) is 4.74 Å². The molecule has 0 radical (unpaired) electrons. The van der Waals surface area contributed by atoms with Crippen molar-refractivity contribution in [2.45, 2.75) is 13.8 Å². The number of nitrogens with one attached hydrogen (secondary N) is 1. The number of rotatable bonds is 6. The number of non-ortho nitro benzene ring substituents is 1. The maximum absolute atomic E-state index is 13.8. The molecule has 2 aromatic carbocycles. The summed E-state index contributed by atoms with van der Waals surface area (Å²) in [5.41, 5.74) is 2.26. The van der Waals surface area contributed by atoms with Crippen molar-refractivity contribution in [3.8, 4) is 17.5 Å². The maximum atomic E-state index is 13.8. The molecule has 0 saturated heterocycles. The van der Waals surface area contributed by atoms with Crippen molar-refractivity contribution in [2.75, 3.05) is 12.4 Å². The van der Waals surface area contributed by atoms with Crippen LogP contribution < -0.4 is 10.1 Å². The summed E-state index contributed by atoms with van der Waals surface area (Å²) in [7, 11) is 1.42. The second kappa shape index (κ2) is 9.14. The number of aryl methyl sites for hydroxylation is 1. The molecule has 32 heavy (non-hydrogen) atoms. The molecule has 0 unspecified atom stereocenters. The number of carbonyl (C=O) groups is 1. The monoisotopic (exact) mass is 434 g/mol.